The van der Waals surface area contributed by atoms with Crippen LogP contribution in [-0.2, 0) is 4.84 Å². The molecule has 0 spiro atoms. The van der Waals surface area contributed by atoms with Crippen LogP contribution < -0.4 is 10.2 Å². The van der Waals surface area contributed by atoms with Crippen LogP contribution in [0.3, 0.4) is 0 Å². The molecule has 0 fully saturated rings. The van der Waals surface area contributed by atoms with Crippen LogP contribution in [0.15, 0.2) is 18.2 Å². The minimum absolute atomic E-state index is 0.252. The smallest absolute Gasteiger partial charge is 0.122 e. The number of ether oxygens (including phenoxy) is 1. The number of aryl methyl sites for hydroxylation is 2. The molecule has 0 heterocycles. The first-order valence-corrected chi connectivity index (χ1v) is 6.71. The van der Waals surface area contributed by atoms with Gasteiger partial charge in [-0.2, -0.15) is 5.48 Å². The Labute approximate surface area is 115 Å². The summed E-state index contributed by atoms with van der Waals surface area (Å²) in [7, 11) is 0. The Kier molecular flexibility index (Phi) is 6.84. The van der Waals surface area contributed by atoms with Crippen molar-refractivity contribution in [1.82, 2.24) is 5.48 Å². The van der Waals surface area contributed by atoms with E-state index >= 15 is 0 Å². The number of hydrogen-bond donors (Lipinski definition) is 2. The van der Waals surface area contributed by atoms with Gasteiger partial charge in [0.2, 0.25) is 0 Å². The summed E-state index contributed by atoms with van der Waals surface area (Å²) in [6.07, 6.45) is -0.590. The molecule has 1 aromatic carbocycles. The molecule has 108 valence electrons. The molecule has 0 radical (unpaired) electrons. The lowest BCUT2D eigenvalue weighted by Gasteiger charge is -2.15. The minimum atomic E-state index is -0.590. The Hall–Kier alpha value is -1.10. The molecule has 0 saturated carbocycles. The maximum atomic E-state index is 9.75. The van der Waals surface area contributed by atoms with Crippen molar-refractivity contribution in [3.63, 3.8) is 0 Å². The third kappa shape index (κ3) is 6.57. The molecular weight excluding hydrogens is 242 g/mol. The van der Waals surface area contributed by atoms with Gasteiger partial charge in [0.25, 0.3) is 0 Å². The Morgan fingerprint density at radius 3 is 2.58 bits per heavy atom. The van der Waals surface area contributed by atoms with Crippen molar-refractivity contribution in [2.75, 3.05) is 19.8 Å². The zero-order valence-electron chi connectivity index (χ0n) is 12.3. The van der Waals surface area contributed by atoms with E-state index < -0.39 is 6.10 Å². The molecule has 0 aromatic heterocycles. The molecule has 2 N–H and O–H groups in total. The Balaban J connectivity index is 2.24. The summed E-state index contributed by atoms with van der Waals surface area (Å²) in [6.45, 7) is 9.42. The average molecular weight is 267 g/mol. The van der Waals surface area contributed by atoms with Crippen molar-refractivity contribution in [1.29, 1.82) is 0 Å². The normalized spacial score (nSPS) is 12.7. The average Bonchev–Trinajstić information content (AvgIpc) is 2.33. The van der Waals surface area contributed by atoms with E-state index in [1.807, 2.05) is 26.0 Å². The standard InChI is InChI=1S/C15H25NO3/c1-11(2)9-19-16-8-14(17)10-18-15-6-5-12(3)7-13(15)4/h5-7,11,14,16-17H,8-10H2,1-4H3. The van der Waals surface area contributed by atoms with Crippen LogP contribution in [0.25, 0.3) is 0 Å². The van der Waals surface area contributed by atoms with Crippen LogP contribution >= 0.6 is 0 Å². The Morgan fingerprint density at radius 1 is 1.21 bits per heavy atom. The highest BCUT2D eigenvalue weighted by Crippen LogP contribution is 2.18. The number of hydroxylamine groups is 1. The molecule has 0 bridgehead atoms. The van der Waals surface area contributed by atoms with Crippen LogP contribution in [0, 0.1) is 19.8 Å². The zero-order valence-corrected chi connectivity index (χ0v) is 12.3. The number of aliphatic hydroxyl groups excluding tert-OH is 1. The monoisotopic (exact) mass is 267 g/mol. The second-order valence-electron chi connectivity index (χ2n) is 5.29. The molecular formula is C15H25NO3. The molecule has 1 unspecified atom stereocenters. The molecule has 0 saturated heterocycles. The lowest BCUT2D eigenvalue weighted by atomic mass is 10.1. The van der Waals surface area contributed by atoms with E-state index in [0.717, 1.165) is 11.3 Å². The number of nitrogens with one attached hydrogen (secondary N) is 1. The van der Waals surface area contributed by atoms with E-state index in [9.17, 15) is 5.11 Å². The van der Waals surface area contributed by atoms with E-state index in [4.69, 9.17) is 9.57 Å². The fraction of sp³-hybridized carbons (Fsp3) is 0.600. The van der Waals surface area contributed by atoms with Gasteiger partial charge in [-0.3, -0.25) is 0 Å². The molecule has 0 aliphatic carbocycles. The topological polar surface area (TPSA) is 50.7 Å². The third-order valence-corrected chi connectivity index (χ3v) is 2.60. The first-order valence-electron chi connectivity index (χ1n) is 6.71. The highest BCUT2D eigenvalue weighted by atomic mass is 16.6. The molecule has 1 aromatic rings. The van der Waals surface area contributed by atoms with Gasteiger partial charge in [-0.05, 0) is 31.4 Å². The van der Waals surface area contributed by atoms with Gasteiger partial charge in [-0.25, -0.2) is 0 Å². The molecule has 19 heavy (non-hydrogen) atoms. The number of benzene rings is 1. The summed E-state index contributed by atoms with van der Waals surface area (Å²) in [5, 5.41) is 9.75. The maximum Gasteiger partial charge on any atom is 0.122 e. The highest BCUT2D eigenvalue weighted by molar-refractivity contribution is 5.35. The van der Waals surface area contributed by atoms with E-state index in [1.54, 1.807) is 0 Å². The van der Waals surface area contributed by atoms with Crippen LogP contribution in [0.1, 0.15) is 25.0 Å². The lowest BCUT2D eigenvalue weighted by molar-refractivity contribution is -0.00777. The zero-order chi connectivity index (χ0) is 14.3. The molecule has 1 rings (SSSR count). The van der Waals surface area contributed by atoms with Crippen molar-refractivity contribution >= 4 is 0 Å². The molecule has 0 aliphatic rings. The summed E-state index contributed by atoms with van der Waals surface area (Å²) in [5.41, 5.74) is 5.03. The largest absolute Gasteiger partial charge is 0.491 e. The predicted octanol–water partition coefficient (Wildman–Crippen LogP) is 2.22. The predicted molar refractivity (Wildman–Crippen MR) is 76.2 cm³/mol. The molecule has 0 amide bonds. The molecule has 4 heteroatoms. The van der Waals surface area contributed by atoms with Gasteiger partial charge in [0.05, 0.1) is 13.2 Å². The number of rotatable bonds is 8. The fourth-order valence-electron chi connectivity index (χ4n) is 1.59. The van der Waals surface area contributed by atoms with Crippen LogP contribution in [0.2, 0.25) is 0 Å². The second-order valence-corrected chi connectivity index (χ2v) is 5.29. The summed E-state index contributed by atoms with van der Waals surface area (Å²) >= 11 is 0. The summed E-state index contributed by atoms with van der Waals surface area (Å²) < 4.78 is 5.59. The van der Waals surface area contributed by atoms with Crippen LogP contribution in [0.4, 0.5) is 0 Å². The van der Waals surface area contributed by atoms with Gasteiger partial charge in [0.15, 0.2) is 0 Å². The van der Waals surface area contributed by atoms with Crippen LogP contribution in [-0.4, -0.2) is 31.0 Å². The summed E-state index contributed by atoms with van der Waals surface area (Å²) in [4.78, 5) is 5.19. The van der Waals surface area contributed by atoms with Crippen molar-refractivity contribution in [2.45, 2.75) is 33.8 Å². The number of aliphatic hydroxyl groups is 1. The summed E-state index contributed by atoms with van der Waals surface area (Å²) in [6, 6.07) is 5.99. The van der Waals surface area contributed by atoms with Crippen molar-refractivity contribution in [3.05, 3.63) is 29.3 Å². The van der Waals surface area contributed by atoms with Crippen LogP contribution in [0.5, 0.6) is 5.75 Å². The molecule has 1 atom stereocenters. The van der Waals surface area contributed by atoms with Gasteiger partial charge < -0.3 is 14.7 Å². The van der Waals surface area contributed by atoms with Gasteiger partial charge in [-0.1, -0.05) is 31.5 Å². The third-order valence-electron chi connectivity index (χ3n) is 2.60. The Bertz CT molecular complexity index is 380. The highest BCUT2D eigenvalue weighted by Gasteiger charge is 2.07. The van der Waals surface area contributed by atoms with Gasteiger partial charge in [0, 0.05) is 0 Å². The first kappa shape index (κ1) is 16.0. The maximum absolute atomic E-state index is 9.75. The van der Waals surface area contributed by atoms with E-state index in [-0.39, 0.29) is 6.61 Å². The van der Waals surface area contributed by atoms with Crippen molar-refractivity contribution < 1.29 is 14.7 Å². The second kappa shape index (κ2) is 8.15. The molecule has 0 aliphatic heterocycles. The van der Waals surface area contributed by atoms with Crippen molar-refractivity contribution in [3.8, 4) is 5.75 Å². The van der Waals surface area contributed by atoms with Gasteiger partial charge >= 0.3 is 0 Å². The fourth-order valence-corrected chi connectivity index (χ4v) is 1.59. The SMILES string of the molecule is Cc1ccc(OCC(O)CNOCC(C)C)c(C)c1. The quantitative estimate of drug-likeness (QED) is 0.560. The minimum Gasteiger partial charge on any atom is -0.491 e. The molecule has 4 nitrogen and oxygen atoms in total. The van der Waals surface area contributed by atoms with Gasteiger partial charge in [0.1, 0.15) is 18.5 Å². The van der Waals surface area contributed by atoms with Gasteiger partial charge in [-0.15, -0.1) is 0 Å². The lowest BCUT2D eigenvalue weighted by Crippen LogP contribution is -2.32. The van der Waals surface area contributed by atoms with E-state index in [2.05, 4.69) is 25.4 Å². The Morgan fingerprint density at radius 2 is 1.95 bits per heavy atom. The summed E-state index contributed by atoms with van der Waals surface area (Å²) in [5.74, 6) is 1.28. The van der Waals surface area contributed by atoms with Crippen molar-refractivity contribution in [2.24, 2.45) is 5.92 Å². The van der Waals surface area contributed by atoms with E-state index in [0.29, 0.717) is 19.1 Å². The van der Waals surface area contributed by atoms with E-state index in [1.165, 1.54) is 5.56 Å². The first-order chi connectivity index (χ1) is 8.99. The number of hydrogen-bond acceptors (Lipinski definition) is 4.